The molecular weight excluding hydrogens is 196 g/mol. The van der Waals surface area contributed by atoms with Gasteiger partial charge in [0.05, 0.1) is 6.54 Å². The molecule has 0 spiro atoms. The largest absolute Gasteiger partial charge is 0.386 e. The first-order valence-electron chi connectivity index (χ1n) is 4.44. The van der Waals surface area contributed by atoms with Gasteiger partial charge in [0.15, 0.2) is 0 Å². The third-order valence-corrected chi connectivity index (χ3v) is 2.92. The molecule has 0 fully saturated rings. The molecule has 2 N–H and O–H groups in total. The molecule has 0 aliphatic heterocycles. The normalized spacial score (nSPS) is 12.6. The van der Waals surface area contributed by atoms with Crippen molar-refractivity contribution in [3.63, 3.8) is 0 Å². The lowest BCUT2D eigenvalue weighted by Gasteiger charge is -2.11. The van der Waals surface area contributed by atoms with Gasteiger partial charge < -0.3 is 10.5 Å². The molecule has 0 bridgehead atoms. The van der Waals surface area contributed by atoms with E-state index in [9.17, 15) is 5.11 Å². The number of rotatable bonds is 4. The van der Waals surface area contributed by atoms with Crippen LogP contribution < -0.4 is 5.43 Å². The van der Waals surface area contributed by atoms with E-state index in [0.717, 1.165) is 4.88 Å². The fourth-order valence-electron chi connectivity index (χ4n) is 1.21. The summed E-state index contributed by atoms with van der Waals surface area (Å²) in [5.41, 5.74) is 3.09. The fourth-order valence-corrected chi connectivity index (χ4v) is 1.93. The van der Waals surface area contributed by atoms with Crippen LogP contribution in [-0.4, -0.2) is 16.3 Å². The number of aliphatic hydroxyl groups is 1. The maximum Gasteiger partial charge on any atom is 0.107 e. The number of hydrogen-bond donors (Lipinski definition) is 2. The molecule has 2 aromatic rings. The van der Waals surface area contributed by atoms with E-state index in [1.54, 1.807) is 11.3 Å². The van der Waals surface area contributed by atoms with Crippen LogP contribution in [0.4, 0.5) is 0 Å². The second kappa shape index (κ2) is 4.30. The zero-order valence-corrected chi connectivity index (χ0v) is 8.45. The number of nitrogens with one attached hydrogen (secondary N) is 1. The lowest BCUT2D eigenvalue weighted by molar-refractivity contribution is 0.192. The predicted molar refractivity (Wildman–Crippen MR) is 57.9 cm³/mol. The summed E-state index contributed by atoms with van der Waals surface area (Å²) in [6, 6.07) is 7.75. The smallest absolute Gasteiger partial charge is 0.107 e. The third kappa shape index (κ3) is 2.16. The SMILES string of the molecule is OC(CNn1cccc1)c1cccs1. The van der Waals surface area contributed by atoms with E-state index in [4.69, 9.17) is 0 Å². The number of aromatic nitrogens is 1. The van der Waals surface area contributed by atoms with Gasteiger partial charge in [-0.3, -0.25) is 4.68 Å². The number of aliphatic hydroxyl groups excluding tert-OH is 1. The minimum absolute atomic E-state index is 0.433. The van der Waals surface area contributed by atoms with Crippen LogP contribution in [0, 0.1) is 0 Å². The van der Waals surface area contributed by atoms with Crippen LogP contribution in [0.25, 0.3) is 0 Å². The zero-order chi connectivity index (χ0) is 9.80. The van der Waals surface area contributed by atoms with Crippen molar-refractivity contribution in [2.45, 2.75) is 6.10 Å². The topological polar surface area (TPSA) is 37.2 Å². The van der Waals surface area contributed by atoms with Crippen molar-refractivity contribution in [2.75, 3.05) is 12.0 Å². The lowest BCUT2D eigenvalue weighted by atomic mass is 10.3. The molecule has 74 valence electrons. The molecule has 0 aliphatic rings. The monoisotopic (exact) mass is 208 g/mol. The summed E-state index contributed by atoms with van der Waals surface area (Å²) < 4.78 is 1.83. The minimum atomic E-state index is -0.433. The van der Waals surface area contributed by atoms with E-state index in [1.165, 1.54) is 0 Å². The van der Waals surface area contributed by atoms with E-state index in [2.05, 4.69) is 5.43 Å². The Morgan fingerprint density at radius 3 is 2.79 bits per heavy atom. The summed E-state index contributed by atoms with van der Waals surface area (Å²) in [7, 11) is 0. The molecule has 2 heterocycles. The Bertz CT molecular complexity index is 355. The molecule has 2 aromatic heterocycles. The lowest BCUT2D eigenvalue weighted by Crippen LogP contribution is -2.19. The maximum atomic E-state index is 9.74. The molecule has 1 atom stereocenters. The highest BCUT2D eigenvalue weighted by atomic mass is 32.1. The fraction of sp³-hybridized carbons (Fsp3) is 0.200. The highest BCUT2D eigenvalue weighted by Gasteiger charge is 2.06. The molecule has 0 saturated carbocycles. The standard InChI is InChI=1S/C10H12N2OS/c13-9(10-4-3-7-14-10)8-11-12-5-1-2-6-12/h1-7,9,11,13H,8H2. The molecule has 2 rings (SSSR count). The van der Waals surface area contributed by atoms with Crippen LogP contribution in [0.15, 0.2) is 42.0 Å². The Labute approximate surface area is 86.6 Å². The van der Waals surface area contributed by atoms with Crippen molar-refractivity contribution in [3.05, 3.63) is 46.9 Å². The van der Waals surface area contributed by atoms with E-state index in [-0.39, 0.29) is 0 Å². The first-order valence-corrected chi connectivity index (χ1v) is 5.32. The Hall–Kier alpha value is -1.26. The van der Waals surface area contributed by atoms with Gasteiger partial charge >= 0.3 is 0 Å². The van der Waals surface area contributed by atoms with E-state index < -0.39 is 6.10 Å². The van der Waals surface area contributed by atoms with Crippen LogP contribution in [0.1, 0.15) is 11.0 Å². The second-order valence-electron chi connectivity index (χ2n) is 2.98. The molecular formula is C10H12N2OS. The maximum absolute atomic E-state index is 9.74. The van der Waals surface area contributed by atoms with Crippen LogP contribution >= 0.6 is 11.3 Å². The summed E-state index contributed by atoms with van der Waals surface area (Å²) in [5, 5.41) is 11.7. The Balaban J connectivity index is 1.87. The first kappa shape index (κ1) is 9.30. The Kier molecular flexibility index (Phi) is 2.86. The molecule has 4 heteroatoms. The molecule has 0 aromatic carbocycles. The van der Waals surface area contributed by atoms with Gasteiger partial charge in [-0.25, -0.2) is 0 Å². The van der Waals surface area contributed by atoms with Gasteiger partial charge in [0.2, 0.25) is 0 Å². The van der Waals surface area contributed by atoms with Gasteiger partial charge in [0.1, 0.15) is 6.10 Å². The molecule has 0 amide bonds. The summed E-state index contributed by atoms with van der Waals surface area (Å²) in [4.78, 5) is 0.990. The molecule has 0 radical (unpaired) electrons. The van der Waals surface area contributed by atoms with Crippen LogP contribution in [0.3, 0.4) is 0 Å². The summed E-state index contributed by atoms with van der Waals surface area (Å²) >= 11 is 1.57. The number of thiophene rings is 1. The van der Waals surface area contributed by atoms with Gasteiger partial charge in [-0.2, -0.15) is 0 Å². The van der Waals surface area contributed by atoms with Crippen molar-refractivity contribution >= 4 is 11.3 Å². The van der Waals surface area contributed by atoms with Crippen LogP contribution in [-0.2, 0) is 0 Å². The van der Waals surface area contributed by atoms with Crippen molar-refractivity contribution in [1.82, 2.24) is 4.68 Å². The van der Waals surface area contributed by atoms with Crippen molar-refractivity contribution < 1.29 is 5.11 Å². The van der Waals surface area contributed by atoms with E-state index in [1.807, 2.05) is 46.7 Å². The van der Waals surface area contributed by atoms with Crippen molar-refractivity contribution in [2.24, 2.45) is 0 Å². The highest BCUT2D eigenvalue weighted by Crippen LogP contribution is 2.17. The molecule has 0 saturated heterocycles. The summed E-state index contributed by atoms with van der Waals surface area (Å²) in [6.07, 6.45) is 3.37. The summed E-state index contributed by atoms with van der Waals surface area (Å²) in [5.74, 6) is 0. The quantitative estimate of drug-likeness (QED) is 0.804. The Morgan fingerprint density at radius 2 is 2.14 bits per heavy atom. The highest BCUT2D eigenvalue weighted by molar-refractivity contribution is 7.10. The van der Waals surface area contributed by atoms with Crippen LogP contribution in [0.2, 0.25) is 0 Å². The van der Waals surface area contributed by atoms with Crippen molar-refractivity contribution in [1.29, 1.82) is 0 Å². The first-order chi connectivity index (χ1) is 6.86. The van der Waals surface area contributed by atoms with E-state index in [0.29, 0.717) is 6.54 Å². The van der Waals surface area contributed by atoms with Gasteiger partial charge in [-0.05, 0) is 23.6 Å². The van der Waals surface area contributed by atoms with Crippen molar-refractivity contribution in [3.8, 4) is 0 Å². The minimum Gasteiger partial charge on any atom is -0.386 e. The third-order valence-electron chi connectivity index (χ3n) is 1.94. The summed E-state index contributed by atoms with van der Waals surface area (Å²) in [6.45, 7) is 0.523. The average Bonchev–Trinajstić information content (AvgIpc) is 2.87. The molecule has 14 heavy (non-hydrogen) atoms. The predicted octanol–water partition coefficient (Wildman–Crippen LogP) is 1.83. The molecule has 1 unspecified atom stereocenters. The number of nitrogens with zero attached hydrogens (tertiary/aromatic N) is 1. The number of hydrogen-bond acceptors (Lipinski definition) is 3. The Morgan fingerprint density at radius 1 is 1.36 bits per heavy atom. The molecule has 3 nitrogen and oxygen atoms in total. The van der Waals surface area contributed by atoms with Gasteiger partial charge in [-0.1, -0.05) is 6.07 Å². The van der Waals surface area contributed by atoms with Gasteiger partial charge in [-0.15, -0.1) is 11.3 Å². The van der Waals surface area contributed by atoms with Gasteiger partial charge in [0.25, 0.3) is 0 Å². The van der Waals surface area contributed by atoms with E-state index >= 15 is 0 Å². The second-order valence-corrected chi connectivity index (χ2v) is 3.96. The average molecular weight is 208 g/mol. The zero-order valence-electron chi connectivity index (χ0n) is 7.63. The molecule has 0 aliphatic carbocycles. The van der Waals surface area contributed by atoms with Crippen LogP contribution in [0.5, 0.6) is 0 Å². The van der Waals surface area contributed by atoms with Gasteiger partial charge in [0, 0.05) is 17.3 Å².